The van der Waals surface area contributed by atoms with E-state index in [1.165, 1.54) is 36.6 Å². The molecular formula is C18H13ClN2O5S. The summed E-state index contributed by atoms with van der Waals surface area (Å²) in [6, 6.07) is 11.1. The van der Waals surface area contributed by atoms with Crippen LogP contribution >= 0.6 is 22.9 Å². The fourth-order valence-electron chi connectivity index (χ4n) is 2.28. The van der Waals surface area contributed by atoms with Gasteiger partial charge in [0.05, 0.1) is 23.3 Å². The molecule has 27 heavy (non-hydrogen) atoms. The van der Waals surface area contributed by atoms with Crippen molar-refractivity contribution in [3.63, 3.8) is 0 Å². The first kappa shape index (κ1) is 18.8. The Balaban J connectivity index is 1.72. The standard InChI is InChI=1S/C18H13ClN2O5S/c1-25-18(22)12-4-2-11(3-5-12)17-20-14(10-27-17)9-26-16-7-6-13(19)8-15(16)21(23)24/h2-8,10H,9H2,1H3. The molecule has 0 saturated carbocycles. The third-order valence-electron chi connectivity index (χ3n) is 3.60. The van der Waals surface area contributed by atoms with Crippen molar-refractivity contribution in [2.75, 3.05) is 7.11 Å². The molecule has 1 aromatic heterocycles. The van der Waals surface area contributed by atoms with Crippen molar-refractivity contribution in [2.45, 2.75) is 6.61 Å². The molecule has 7 nitrogen and oxygen atoms in total. The number of carbonyl (C=O) groups is 1. The maximum absolute atomic E-state index is 11.5. The Morgan fingerprint density at radius 1 is 1.26 bits per heavy atom. The van der Waals surface area contributed by atoms with Crippen LogP contribution in [0.2, 0.25) is 5.02 Å². The van der Waals surface area contributed by atoms with Gasteiger partial charge in [-0.05, 0) is 24.3 Å². The number of aromatic nitrogens is 1. The van der Waals surface area contributed by atoms with Crippen LogP contribution in [-0.2, 0) is 11.3 Å². The molecule has 0 bridgehead atoms. The van der Waals surface area contributed by atoms with E-state index in [1.807, 2.05) is 5.38 Å². The van der Waals surface area contributed by atoms with Gasteiger partial charge in [0.1, 0.15) is 11.6 Å². The van der Waals surface area contributed by atoms with Gasteiger partial charge in [-0.1, -0.05) is 23.7 Å². The first-order chi connectivity index (χ1) is 13.0. The third kappa shape index (κ3) is 4.42. The Morgan fingerprint density at radius 2 is 2.00 bits per heavy atom. The number of carbonyl (C=O) groups excluding carboxylic acids is 1. The van der Waals surface area contributed by atoms with E-state index in [0.717, 1.165) is 10.6 Å². The molecule has 0 N–H and O–H groups in total. The molecule has 0 aliphatic rings. The van der Waals surface area contributed by atoms with Gasteiger partial charge in [0.2, 0.25) is 0 Å². The van der Waals surface area contributed by atoms with Crippen LogP contribution in [-0.4, -0.2) is 23.0 Å². The number of halogens is 1. The summed E-state index contributed by atoms with van der Waals surface area (Å²) < 4.78 is 10.2. The zero-order chi connectivity index (χ0) is 19.4. The molecule has 0 fully saturated rings. The topological polar surface area (TPSA) is 91.6 Å². The van der Waals surface area contributed by atoms with E-state index in [4.69, 9.17) is 16.3 Å². The summed E-state index contributed by atoms with van der Waals surface area (Å²) in [4.78, 5) is 26.5. The molecule has 3 aromatic rings. The largest absolute Gasteiger partial charge is 0.480 e. The quantitative estimate of drug-likeness (QED) is 0.335. The van der Waals surface area contributed by atoms with Gasteiger partial charge < -0.3 is 9.47 Å². The second-order valence-electron chi connectivity index (χ2n) is 5.37. The fourth-order valence-corrected chi connectivity index (χ4v) is 3.26. The summed E-state index contributed by atoms with van der Waals surface area (Å²) in [7, 11) is 1.33. The molecule has 3 rings (SSSR count). The summed E-state index contributed by atoms with van der Waals surface area (Å²) in [5.74, 6) is -0.277. The van der Waals surface area contributed by atoms with Crippen LogP contribution < -0.4 is 4.74 Å². The van der Waals surface area contributed by atoms with E-state index in [1.54, 1.807) is 24.3 Å². The van der Waals surface area contributed by atoms with Crippen LogP contribution in [0, 0.1) is 10.1 Å². The van der Waals surface area contributed by atoms with Gasteiger partial charge in [-0.2, -0.15) is 0 Å². The van der Waals surface area contributed by atoms with E-state index in [-0.39, 0.29) is 23.1 Å². The van der Waals surface area contributed by atoms with Crippen LogP contribution in [0.4, 0.5) is 5.69 Å². The number of rotatable bonds is 6. The summed E-state index contributed by atoms with van der Waals surface area (Å²) in [6.45, 7) is 0.0826. The molecule has 0 saturated heterocycles. The lowest BCUT2D eigenvalue weighted by molar-refractivity contribution is -0.385. The van der Waals surface area contributed by atoms with Crippen molar-refractivity contribution in [1.82, 2.24) is 4.98 Å². The van der Waals surface area contributed by atoms with Crippen LogP contribution in [0.25, 0.3) is 10.6 Å². The van der Waals surface area contributed by atoms with Gasteiger partial charge in [-0.3, -0.25) is 10.1 Å². The number of hydrogen-bond acceptors (Lipinski definition) is 7. The van der Waals surface area contributed by atoms with Gasteiger partial charge in [0, 0.05) is 22.0 Å². The normalized spacial score (nSPS) is 10.4. The van der Waals surface area contributed by atoms with Gasteiger partial charge in [-0.15, -0.1) is 11.3 Å². The molecule has 0 aliphatic carbocycles. The molecule has 0 amide bonds. The average molecular weight is 405 g/mol. The second-order valence-corrected chi connectivity index (χ2v) is 6.67. The number of ether oxygens (including phenoxy) is 2. The number of benzene rings is 2. The van der Waals surface area contributed by atoms with E-state index < -0.39 is 10.9 Å². The molecule has 1 heterocycles. The Labute approximate surface area is 163 Å². The number of nitrogens with zero attached hydrogens (tertiary/aromatic N) is 2. The number of esters is 1. The summed E-state index contributed by atoms with van der Waals surface area (Å²) in [6.07, 6.45) is 0. The van der Waals surface area contributed by atoms with Crippen molar-refractivity contribution in [1.29, 1.82) is 0 Å². The number of nitro groups is 1. The minimum absolute atomic E-state index is 0.0826. The SMILES string of the molecule is COC(=O)c1ccc(-c2nc(COc3ccc(Cl)cc3[N+](=O)[O-])cs2)cc1. The van der Waals surface area contributed by atoms with Crippen LogP contribution in [0.15, 0.2) is 47.8 Å². The van der Waals surface area contributed by atoms with Crippen LogP contribution in [0.3, 0.4) is 0 Å². The molecule has 2 aromatic carbocycles. The molecule has 0 aliphatic heterocycles. The Hall–Kier alpha value is -2.97. The van der Waals surface area contributed by atoms with E-state index >= 15 is 0 Å². The van der Waals surface area contributed by atoms with E-state index in [0.29, 0.717) is 11.3 Å². The van der Waals surface area contributed by atoms with Crippen molar-refractivity contribution < 1.29 is 19.2 Å². The Bertz CT molecular complexity index is 988. The lowest BCUT2D eigenvalue weighted by atomic mass is 10.1. The second kappa shape index (κ2) is 8.15. The number of thiazole rings is 1. The summed E-state index contributed by atoms with van der Waals surface area (Å²) in [5, 5.41) is 13.9. The molecule has 0 atom stereocenters. The van der Waals surface area contributed by atoms with Crippen molar-refractivity contribution in [2.24, 2.45) is 0 Å². The lowest BCUT2D eigenvalue weighted by Crippen LogP contribution is -2.00. The van der Waals surface area contributed by atoms with Crippen LogP contribution in [0.5, 0.6) is 5.75 Å². The highest BCUT2D eigenvalue weighted by Crippen LogP contribution is 2.31. The smallest absolute Gasteiger partial charge is 0.337 e. The zero-order valence-electron chi connectivity index (χ0n) is 14.0. The van der Waals surface area contributed by atoms with Crippen molar-refractivity contribution in [3.8, 4) is 16.3 Å². The minimum atomic E-state index is -0.545. The first-order valence-corrected chi connectivity index (χ1v) is 8.93. The minimum Gasteiger partial charge on any atom is -0.480 e. The fraction of sp³-hybridized carbons (Fsp3) is 0.111. The molecule has 0 unspecified atom stereocenters. The average Bonchev–Trinajstić information content (AvgIpc) is 3.15. The number of nitro benzene ring substituents is 1. The molecule has 138 valence electrons. The van der Waals surface area contributed by atoms with E-state index in [9.17, 15) is 14.9 Å². The number of hydrogen-bond donors (Lipinski definition) is 0. The summed E-state index contributed by atoms with van der Waals surface area (Å²) in [5.41, 5.74) is 1.74. The van der Waals surface area contributed by atoms with Crippen molar-refractivity contribution >= 4 is 34.6 Å². The Morgan fingerprint density at radius 3 is 2.67 bits per heavy atom. The summed E-state index contributed by atoms with van der Waals surface area (Å²) >= 11 is 7.20. The highest BCUT2D eigenvalue weighted by molar-refractivity contribution is 7.13. The third-order valence-corrected chi connectivity index (χ3v) is 4.77. The van der Waals surface area contributed by atoms with Gasteiger partial charge in [-0.25, -0.2) is 9.78 Å². The van der Waals surface area contributed by atoms with Crippen molar-refractivity contribution in [3.05, 3.63) is 74.2 Å². The van der Waals surface area contributed by atoms with Crippen LogP contribution in [0.1, 0.15) is 16.1 Å². The van der Waals surface area contributed by atoms with Gasteiger partial charge >= 0.3 is 11.7 Å². The highest BCUT2D eigenvalue weighted by atomic mass is 35.5. The number of methoxy groups -OCH3 is 1. The predicted octanol–water partition coefficient (Wildman–Crippen LogP) is 4.74. The maximum atomic E-state index is 11.5. The van der Waals surface area contributed by atoms with E-state index in [2.05, 4.69) is 9.72 Å². The van der Waals surface area contributed by atoms with Gasteiger partial charge in [0.25, 0.3) is 0 Å². The Kier molecular flexibility index (Phi) is 5.68. The lowest BCUT2D eigenvalue weighted by Gasteiger charge is -2.05. The predicted molar refractivity (Wildman–Crippen MR) is 101 cm³/mol. The molecular weight excluding hydrogens is 392 g/mol. The molecule has 9 heteroatoms. The zero-order valence-corrected chi connectivity index (χ0v) is 15.6. The maximum Gasteiger partial charge on any atom is 0.337 e. The molecule has 0 radical (unpaired) electrons. The highest BCUT2D eigenvalue weighted by Gasteiger charge is 2.16. The first-order valence-electron chi connectivity index (χ1n) is 7.68. The van der Waals surface area contributed by atoms with Gasteiger partial charge in [0.15, 0.2) is 5.75 Å². The monoisotopic (exact) mass is 404 g/mol. The molecule has 0 spiro atoms.